The number of piperidine rings is 1. The third-order valence-corrected chi connectivity index (χ3v) is 6.91. The number of Topliss-reactive ketones (excluding diaryl/α,β-unsaturated/α-hetero) is 1. The van der Waals surface area contributed by atoms with Crippen molar-refractivity contribution in [2.75, 3.05) is 31.9 Å². The number of hydrogen-bond donors (Lipinski definition) is 1. The van der Waals surface area contributed by atoms with E-state index in [0.29, 0.717) is 59.6 Å². The molecule has 2 aromatic rings. The van der Waals surface area contributed by atoms with Crippen LogP contribution in [0.3, 0.4) is 0 Å². The molecule has 1 N–H and O–H groups in total. The van der Waals surface area contributed by atoms with Crippen LogP contribution in [0.4, 0.5) is 16.2 Å². The van der Waals surface area contributed by atoms with Crippen LogP contribution in [0.1, 0.15) is 56.5 Å². The Labute approximate surface area is 245 Å². The van der Waals surface area contributed by atoms with Crippen molar-refractivity contribution in [3.8, 4) is 0 Å². The van der Waals surface area contributed by atoms with E-state index in [2.05, 4.69) is 5.32 Å². The first-order valence-electron chi connectivity index (χ1n) is 13.1. The Bertz CT molecular complexity index is 1200. The molecule has 11 heteroatoms. The number of fused-ring (bicyclic) bond motifs is 2. The second-order valence-corrected chi connectivity index (χ2v) is 11.2. The predicted molar refractivity (Wildman–Crippen MR) is 154 cm³/mol. The Morgan fingerprint density at radius 2 is 1.73 bits per heavy atom. The third-order valence-electron chi connectivity index (χ3n) is 6.11. The molecule has 2 aromatic carbocycles. The molecule has 9 nitrogen and oxygen atoms in total. The van der Waals surface area contributed by atoms with Gasteiger partial charge in [0.1, 0.15) is 11.4 Å². The van der Waals surface area contributed by atoms with Crippen LogP contribution in [-0.4, -0.2) is 67.0 Å². The molecule has 2 bridgehead atoms. The van der Waals surface area contributed by atoms with Crippen LogP contribution in [-0.2, 0) is 23.7 Å². The summed E-state index contributed by atoms with van der Waals surface area (Å²) in [4.78, 5) is 37.4. The molecule has 0 spiro atoms. The zero-order chi connectivity index (χ0) is 29.4. The molecule has 2 saturated heterocycles. The summed E-state index contributed by atoms with van der Waals surface area (Å²) in [6.45, 7) is 10.5. The van der Waals surface area contributed by atoms with E-state index in [4.69, 9.17) is 42.1 Å². The Balaban J connectivity index is 0.000000230. The van der Waals surface area contributed by atoms with Crippen molar-refractivity contribution in [1.29, 1.82) is 0 Å². The van der Waals surface area contributed by atoms with E-state index in [1.165, 1.54) is 0 Å². The number of aryl methyl sites for hydroxylation is 1. The van der Waals surface area contributed by atoms with Crippen LogP contribution >= 0.6 is 23.2 Å². The molecule has 218 valence electrons. The van der Waals surface area contributed by atoms with Gasteiger partial charge >= 0.3 is 12.1 Å². The number of ketones is 1. The summed E-state index contributed by atoms with van der Waals surface area (Å²) in [5.74, 6) is -0.274. The molecule has 0 radical (unpaired) electrons. The van der Waals surface area contributed by atoms with Gasteiger partial charge in [0.25, 0.3) is 0 Å². The van der Waals surface area contributed by atoms with Gasteiger partial charge in [-0.05, 0) is 58.4 Å². The van der Waals surface area contributed by atoms with Crippen LogP contribution in [0.25, 0.3) is 0 Å². The number of anilines is 2. The smallest absolute Gasteiger partial charge is 0.410 e. The highest BCUT2D eigenvalue weighted by atomic mass is 35.5. The van der Waals surface area contributed by atoms with Gasteiger partial charge in [-0.1, -0.05) is 41.4 Å². The maximum atomic E-state index is 12.2. The lowest BCUT2D eigenvalue weighted by Gasteiger charge is -2.44. The fourth-order valence-corrected chi connectivity index (χ4v) is 4.73. The molecule has 2 unspecified atom stereocenters. The molecule has 1 amide bonds. The van der Waals surface area contributed by atoms with E-state index in [9.17, 15) is 14.4 Å². The van der Waals surface area contributed by atoms with Gasteiger partial charge in [-0.2, -0.15) is 0 Å². The number of halogens is 2. The summed E-state index contributed by atoms with van der Waals surface area (Å²) in [5, 5.41) is 4.10. The van der Waals surface area contributed by atoms with Gasteiger partial charge in [0, 0.05) is 19.4 Å². The van der Waals surface area contributed by atoms with E-state index in [1.807, 2.05) is 40.7 Å². The maximum Gasteiger partial charge on any atom is 0.410 e. The van der Waals surface area contributed by atoms with Crippen molar-refractivity contribution in [2.24, 2.45) is 0 Å². The first-order chi connectivity index (χ1) is 18.9. The average Bonchev–Trinajstić information content (AvgIpc) is 2.88. The number of carbonyl (C=O) groups is 3. The number of ether oxygens (including phenoxy) is 4. The van der Waals surface area contributed by atoms with Gasteiger partial charge in [-0.25, -0.2) is 9.59 Å². The summed E-state index contributed by atoms with van der Waals surface area (Å²) >= 11 is 12.5. The molecule has 2 aliphatic rings. The molecule has 0 saturated carbocycles. The lowest BCUT2D eigenvalue weighted by molar-refractivity contribution is -0.134. The van der Waals surface area contributed by atoms with E-state index in [1.54, 1.807) is 35.2 Å². The van der Waals surface area contributed by atoms with Crippen molar-refractivity contribution >= 4 is 52.4 Å². The number of para-hydroxylation sites is 1. The lowest BCUT2D eigenvalue weighted by atomic mass is 9.94. The maximum absolute atomic E-state index is 12.2. The van der Waals surface area contributed by atoms with Crippen LogP contribution in [0.15, 0.2) is 36.4 Å². The fraction of sp³-hybridized carbons (Fsp3) is 0.483. The number of rotatable bonds is 6. The monoisotopic (exact) mass is 594 g/mol. The number of esters is 1. The summed E-state index contributed by atoms with van der Waals surface area (Å²) in [6.07, 6.45) is 0.439. The van der Waals surface area contributed by atoms with E-state index < -0.39 is 11.6 Å². The minimum absolute atomic E-state index is 0.0877. The molecule has 0 aliphatic carbocycles. The number of amides is 1. The summed E-state index contributed by atoms with van der Waals surface area (Å²) in [5.41, 5.74) is 1.87. The van der Waals surface area contributed by atoms with E-state index >= 15 is 0 Å². The minimum atomic E-state index is -0.506. The summed E-state index contributed by atoms with van der Waals surface area (Å²) in [6, 6.07) is 10.3. The van der Waals surface area contributed by atoms with Gasteiger partial charge < -0.3 is 24.3 Å². The first kappa shape index (κ1) is 31.7. The molecule has 2 atom stereocenters. The zero-order valence-corrected chi connectivity index (χ0v) is 24.9. The minimum Gasteiger partial charge on any atom is -0.444 e. The topological polar surface area (TPSA) is 103 Å². The van der Waals surface area contributed by atoms with Crippen LogP contribution in [0, 0.1) is 6.92 Å². The molecule has 40 heavy (non-hydrogen) atoms. The summed E-state index contributed by atoms with van der Waals surface area (Å²) in [7, 11) is 0. The van der Waals surface area contributed by atoms with E-state index in [0.717, 1.165) is 5.56 Å². The van der Waals surface area contributed by atoms with Crippen LogP contribution in [0.2, 0.25) is 10.0 Å². The highest BCUT2D eigenvalue weighted by Crippen LogP contribution is 2.36. The number of benzene rings is 2. The van der Waals surface area contributed by atoms with Crippen molar-refractivity contribution < 1.29 is 33.3 Å². The molecule has 2 fully saturated rings. The molecule has 4 rings (SSSR count). The number of carbonyl (C=O) groups excluding carboxylic acids is 3. The first-order valence-corrected chi connectivity index (χ1v) is 13.8. The number of hydrogen-bond acceptors (Lipinski definition) is 8. The quantitative estimate of drug-likeness (QED) is 0.228. The predicted octanol–water partition coefficient (Wildman–Crippen LogP) is 6.55. The van der Waals surface area contributed by atoms with Gasteiger partial charge in [-0.3, -0.25) is 9.69 Å². The molecule has 0 aromatic heterocycles. The van der Waals surface area contributed by atoms with E-state index in [-0.39, 0.29) is 30.8 Å². The van der Waals surface area contributed by atoms with Crippen molar-refractivity contribution in [2.45, 2.75) is 65.1 Å². The van der Waals surface area contributed by atoms with Gasteiger partial charge in [-0.15, -0.1) is 0 Å². The number of morpholine rings is 1. The SMILES string of the molecule is CC(C)(C)OC(=O)N1C2COCC1CC(=O)C2.CCOCOC(=O)c1ccccc1Nc1c(Cl)ccc(C)c1Cl. The van der Waals surface area contributed by atoms with Gasteiger partial charge in [0.15, 0.2) is 6.79 Å². The van der Waals surface area contributed by atoms with Crippen molar-refractivity contribution in [1.82, 2.24) is 4.90 Å². The number of nitrogens with zero attached hydrogens (tertiary/aromatic N) is 1. The largest absolute Gasteiger partial charge is 0.444 e. The molecule has 2 aliphatic heterocycles. The number of nitrogens with one attached hydrogen (secondary N) is 1. The Hall–Kier alpha value is -2.85. The average molecular weight is 596 g/mol. The second kappa shape index (κ2) is 14.2. The normalized spacial score (nSPS) is 18.4. The molecular formula is C29H36Cl2N2O7. The Morgan fingerprint density at radius 3 is 2.35 bits per heavy atom. The fourth-order valence-electron chi connectivity index (χ4n) is 4.27. The molecular weight excluding hydrogens is 559 g/mol. The lowest BCUT2D eigenvalue weighted by Crippen LogP contribution is -2.60. The van der Waals surface area contributed by atoms with Crippen molar-refractivity contribution in [3.05, 3.63) is 57.6 Å². The Morgan fingerprint density at radius 1 is 1.07 bits per heavy atom. The summed E-state index contributed by atoms with van der Waals surface area (Å²) < 4.78 is 20.9. The van der Waals surface area contributed by atoms with Gasteiger partial charge in [0.05, 0.1) is 52.3 Å². The highest BCUT2D eigenvalue weighted by molar-refractivity contribution is 6.39. The standard InChI is InChI=1S/C17H17Cl2NO3.C12H19NO4/c1-3-22-10-23-17(21)12-6-4-5-7-14(12)20-16-13(18)9-8-11(2)15(16)19;1-12(2,3)17-11(15)13-8-4-10(14)5-9(13)7-16-6-8/h4-9,20H,3,10H2,1-2H3;8-9H,4-7H2,1-3H3. The van der Waals surface area contributed by atoms with Crippen molar-refractivity contribution in [3.63, 3.8) is 0 Å². The second-order valence-electron chi connectivity index (χ2n) is 10.4. The third kappa shape index (κ3) is 8.57. The van der Waals surface area contributed by atoms with Crippen LogP contribution in [0.5, 0.6) is 0 Å². The van der Waals surface area contributed by atoms with Gasteiger partial charge in [0.2, 0.25) is 0 Å². The molecule has 2 heterocycles. The zero-order valence-electron chi connectivity index (χ0n) is 23.4. The highest BCUT2D eigenvalue weighted by Gasteiger charge is 2.42. The Kier molecular flexibility index (Phi) is 11.2. The van der Waals surface area contributed by atoms with Crippen LogP contribution < -0.4 is 5.32 Å².